The van der Waals surface area contributed by atoms with Gasteiger partial charge in [0.1, 0.15) is 24.3 Å². The minimum Gasteiger partial charge on any atom is -0.491 e. The molecule has 1 N–H and O–H groups in total. The summed E-state index contributed by atoms with van der Waals surface area (Å²) in [6.45, 7) is 7.03. The lowest BCUT2D eigenvalue weighted by Gasteiger charge is -2.20. The number of rotatable bonds is 6. The lowest BCUT2D eigenvalue weighted by molar-refractivity contribution is 0.0753. The molecule has 130 valence electrons. The van der Waals surface area contributed by atoms with E-state index in [-0.39, 0.29) is 0 Å². The van der Waals surface area contributed by atoms with Crippen molar-refractivity contribution < 1.29 is 9.84 Å². The molecule has 1 fully saturated rings. The topological polar surface area (TPSA) is 50.5 Å². The number of aliphatic hydroxyl groups excluding tert-OH is 1. The number of aryl methyl sites for hydroxylation is 3. The van der Waals surface area contributed by atoms with Gasteiger partial charge in [-0.15, -0.1) is 0 Å². The number of hydrogen-bond acceptors (Lipinski definition) is 4. The van der Waals surface area contributed by atoms with E-state index in [2.05, 4.69) is 34.4 Å². The fraction of sp³-hybridized carbons (Fsp3) is 0.526. The zero-order chi connectivity index (χ0) is 17.1. The maximum atomic E-state index is 10.3. The highest BCUT2D eigenvalue weighted by atomic mass is 16.5. The van der Waals surface area contributed by atoms with Gasteiger partial charge in [0, 0.05) is 38.4 Å². The maximum Gasteiger partial charge on any atom is 0.119 e. The molecule has 1 aliphatic rings. The summed E-state index contributed by atoms with van der Waals surface area (Å²) in [5.41, 5.74) is 2.36. The molecule has 0 spiro atoms. The van der Waals surface area contributed by atoms with Gasteiger partial charge in [-0.2, -0.15) is 0 Å². The van der Waals surface area contributed by atoms with Crippen LogP contribution >= 0.6 is 0 Å². The number of likely N-dealkylation sites (tertiary alicyclic amines) is 1. The molecule has 1 aromatic carbocycles. The normalized spacial score (nSPS) is 19.6. The molecule has 0 aliphatic carbocycles. The van der Waals surface area contributed by atoms with Gasteiger partial charge in [-0.1, -0.05) is 6.07 Å². The van der Waals surface area contributed by atoms with Gasteiger partial charge in [0.25, 0.3) is 0 Å². The number of aromatic nitrogens is 2. The highest BCUT2D eigenvalue weighted by molar-refractivity contribution is 5.33. The Morgan fingerprint density at radius 3 is 2.71 bits per heavy atom. The van der Waals surface area contributed by atoms with E-state index in [1.54, 1.807) is 0 Å². The molecule has 0 saturated carbocycles. The quantitative estimate of drug-likeness (QED) is 0.883. The summed E-state index contributed by atoms with van der Waals surface area (Å²) < 4.78 is 7.86. The molecule has 5 nitrogen and oxygen atoms in total. The molecule has 0 amide bonds. The largest absolute Gasteiger partial charge is 0.491 e. The molecule has 2 unspecified atom stereocenters. The monoisotopic (exact) mass is 329 g/mol. The number of nitrogens with zero attached hydrogens (tertiary/aromatic N) is 3. The van der Waals surface area contributed by atoms with E-state index < -0.39 is 6.10 Å². The highest BCUT2D eigenvalue weighted by Crippen LogP contribution is 2.25. The van der Waals surface area contributed by atoms with Crippen LogP contribution in [-0.2, 0) is 7.05 Å². The fourth-order valence-corrected chi connectivity index (χ4v) is 3.54. The first-order valence-corrected chi connectivity index (χ1v) is 8.60. The zero-order valence-corrected chi connectivity index (χ0v) is 14.8. The Balaban J connectivity index is 1.47. The number of aliphatic hydroxyl groups is 1. The Morgan fingerprint density at radius 2 is 2.04 bits per heavy atom. The van der Waals surface area contributed by atoms with Gasteiger partial charge in [0.15, 0.2) is 0 Å². The van der Waals surface area contributed by atoms with Crippen LogP contribution in [0.3, 0.4) is 0 Å². The van der Waals surface area contributed by atoms with E-state index >= 15 is 0 Å². The number of hydrogen-bond donors (Lipinski definition) is 1. The molecule has 0 radical (unpaired) electrons. The van der Waals surface area contributed by atoms with Gasteiger partial charge in [-0.3, -0.25) is 4.90 Å². The smallest absolute Gasteiger partial charge is 0.119 e. The molecule has 2 aromatic rings. The van der Waals surface area contributed by atoms with Gasteiger partial charge in [0.05, 0.1) is 0 Å². The third-order valence-corrected chi connectivity index (χ3v) is 4.60. The van der Waals surface area contributed by atoms with Crippen molar-refractivity contribution in [2.24, 2.45) is 7.05 Å². The van der Waals surface area contributed by atoms with Crippen molar-refractivity contribution in [3.63, 3.8) is 0 Å². The molecule has 5 heteroatoms. The average molecular weight is 329 g/mol. The van der Waals surface area contributed by atoms with Crippen LogP contribution in [0.5, 0.6) is 5.75 Å². The average Bonchev–Trinajstić information content (AvgIpc) is 3.13. The van der Waals surface area contributed by atoms with Crippen molar-refractivity contribution in [2.45, 2.75) is 32.3 Å². The molecular weight excluding hydrogens is 302 g/mol. The molecular formula is C19H27N3O2. The first kappa shape index (κ1) is 17.0. The van der Waals surface area contributed by atoms with Crippen LogP contribution in [0, 0.1) is 13.8 Å². The van der Waals surface area contributed by atoms with E-state index in [0.717, 1.165) is 31.1 Å². The molecule has 1 aliphatic heterocycles. The van der Waals surface area contributed by atoms with Crippen molar-refractivity contribution in [2.75, 3.05) is 26.2 Å². The summed E-state index contributed by atoms with van der Waals surface area (Å²) in [5, 5.41) is 10.3. The van der Waals surface area contributed by atoms with Gasteiger partial charge in [-0.25, -0.2) is 4.98 Å². The van der Waals surface area contributed by atoms with Gasteiger partial charge in [-0.05, 0) is 50.1 Å². The number of β-amino-alcohol motifs (C(OH)–C–C–N with tert-alkyl or cyclic N) is 1. The molecule has 1 aromatic heterocycles. The third kappa shape index (κ3) is 4.16. The second-order valence-electron chi connectivity index (χ2n) is 6.93. The van der Waals surface area contributed by atoms with Crippen molar-refractivity contribution in [1.82, 2.24) is 14.5 Å². The third-order valence-electron chi connectivity index (χ3n) is 4.60. The van der Waals surface area contributed by atoms with Crippen LogP contribution in [-0.4, -0.2) is 51.9 Å². The zero-order valence-electron chi connectivity index (χ0n) is 14.8. The first-order chi connectivity index (χ1) is 11.5. The van der Waals surface area contributed by atoms with E-state index in [1.807, 2.05) is 31.6 Å². The van der Waals surface area contributed by atoms with E-state index in [0.29, 0.717) is 19.1 Å². The van der Waals surface area contributed by atoms with Gasteiger partial charge in [0.2, 0.25) is 0 Å². The van der Waals surface area contributed by atoms with Crippen molar-refractivity contribution in [1.29, 1.82) is 0 Å². The van der Waals surface area contributed by atoms with Crippen LogP contribution in [0.25, 0.3) is 0 Å². The summed E-state index contributed by atoms with van der Waals surface area (Å²) in [6.07, 6.45) is 4.45. The minimum atomic E-state index is -0.481. The van der Waals surface area contributed by atoms with Gasteiger partial charge < -0.3 is 14.4 Å². The highest BCUT2D eigenvalue weighted by Gasteiger charge is 2.27. The van der Waals surface area contributed by atoms with Crippen molar-refractivity contribution in [3.05, 3.63) is 47.5 Å². The molecule has 0 bridgehead atoms. The SMILES string of the molecule is Cc1cc(C)cc(OCC(O)CN2CCC(c3nccn3C)C2)c1. The number of ether oxygens (including phenoxy) is 1. The van der Waals surface area contributed by atoms with E-state index in [4.69, 9.17) is 4.74 Å². The maximum absolute atomic E-state index is 10.3. The summed E-state index contributed by atoms with van der Waals surface area (Å²) in [6, 6.07) is 6.13. The Bertz CT molecular complexity index is 663. The van der Waals surface area contributed by atoms with Crippen LogP contribution in [0.15, 0.2) is 30.6 Å². The van der Waals surface area contributed by atoms with E-state index in [1.165, 1.54) is 11.1 Å². The molecule has 1 saturated heterocycles. The summed E-state index contributed by atoms with van der Waals surface area (Å²) in [4.78, 5) is 6.75. The predicted octanol–water partition coefficient (Wildman–Crippen LogP) is 2.27. The molecule has 3 rings (SSSR count). The van der Waals surface area contributed by atoms with Crippen molar-refractivity contribution >= 4 is 0 Å². The Morgan fingerprint density at radius 1 is 1.29 bits per heavy atom. The molecule has 2 heterocycles. The van der Waals surface area contributed by atoms with Crippen LogP contribution < -0.4 is 4.74 Å². The predicted molar refractivity (Wildman–Crippen MR) is 94.4 cm³/mol. The Hall–Kier alpha value is -1.85. The number of benzene rings is 1. The van der Waals surface area contributed by atoms with Gasteiger partial charge >= 0.3 is 0 Å². The lowest BCUT2D eigenvalue weighted by Crippen LogP contribution is -2.34. The fourth-order valence-electron chi connectivity index (χ4n) is 3.54. The van der Waals surface area contributed by atoms with Crippen molar-refractivity contribution in [3.8, 4) is 5.75 Å². The summed E-state index contributed by atoms with van der Waals surface area (Å²) in [7, 11) is 2.04. The Labute approximate surface area is 143 Å². The summed E-state index contributed by atoms with van der Waals surface area (Å²) in [5.74, 6) is 2.43. The first-order valence-electron chi connectivity index (χ1n) is 8.60. The lowest BCUT2D eigenvalue weighted by atomic mass is 10.1. The second kappa shape index (κ2) is 7.36. The van der Waals surface area contributed by atoms with E-state index in [9.17, 15) is 5.11 Å². The van der Waals surface area contributed by atoms with Crippen LogP contribution in [0.1, 0.15) is 29.3 Å². The van der Waals surface area contributed by atoms with Crippen LogP contribution in [0.2, 0.25) is 0 Å². The second-order valence-corrected chi connectivity index (χ2v) is 6.93. The molecule has 24 heavy (non-hydrogen) atoms. The van der Waals surface area contributed by atoms with Crippen LogP contribution in [0.4, 0.5) is 0 Å². The molecule has 2 atom stereocenters. The standard InChI is InChI=1S/C19H27N3O2/c1-14-8-15(2)10-18(9-14)24-13-17(23)12-22-6-4-16(11-22)19-20-5-7-21(19)3/h5,7-10,16-17,23H,4,6,11-13H2,1-3H3. The Kier molecular flexibility index (Phi) is 5.21. The number of imidazole rings is 1. The summed E-state index contributed by atoms with van der Waals surface area (Å²) >= 11 is 0. The minimum absolute atomic E-state index is 0.326.